The molecule has 0 radical (unpaired) electrons. The van der Waals surface area contributed by atoms with E-state index < -0.39 is 0 Å². The molecule has 2 fully saturated rings. The van der Waals surface area contributed by atoms with Gasteiger partial charge in [-0.15, -0.1) is 0 Å². The molecule has 1 aromatic carbocycles. The van der Waals surface area contributed by atoms with Crippen LogP contribution >= 0.6 is 0 Å². The maximum Gasteiger partial charge on any atom is 0.236 e. The lowest BCUT2D eigenvalue weighted by Gasteiger charge is -2.40. The van der Waals surface area contributed by atoms with Crippen molar-refractivity contribution in [2.45, 2.75) is 32.6 Å². The Hall–Kier alpha value is -1.39. The SMILES string of the molecule is CCN(C)CC(=O)N1CC[C@]2(CCCN(CCc3ccccc3)C2)C1. The molecule has 4 heteroatoms. The summed E-state index contributed by atoms with van der Waals surface area (Å²) in [5.74, 6) is 0.308. The van der Waals surface area contributed by atoms with Crippen molar-refractivity contribution in [2.24, 2.45) is 5.41 Å². The molecule has 2 aliphatic rings. The quantitative estimate of drug-likeness (QED) is 0.794. The van der Waals surface area contributed by atoms with Crippen LogP contribution in [0.4, 0.5) is 0 Å². The van der Waals surface area contributed by atoms with Gasteiger partial charge in [0.05, 0.1) is 6.54 Å². The largest absolute Gasteiger partial charge is 0.341 e. The molecule has 1 atom stereocenters. The monoisotopic (exact) mass is 343 g/mol. The van der Waals surface area contributed by atoms with Crippen molar-refractivity contribution >= 4 is 5.91 Å². The first-order valence-corrected chi connectivity index (χ1v) is 9.83. The first-order chi connectivity index (χ1) is 12.1. The number of nitrogens with zero attached hydrogens (tertiary/aromatic N) is 3. The fraction of sp³-hybridized carbons (Fsp3) is 0.667. The van der Waals surface area contributed by atoms with Crippen molar-refractivity contribution in [3.63, 3.8) is 0 Å². The van der Waals surface area contributed by atoms with Gasteiger partial charge in [0, 0.05) is 31.6 Å². The molecule has 2 saturated heterocycles. The molecule has 0 N–H and O–H groups in total. The molecule has 2 heterocycles. The van der Waals surface area contributed by atoms with Crippen LogP contribution in [0, 0.1) is 5.41 Å². The summed E-state index contributed by atoms with van der Waals surface area (Å²) in [5.41, 5.74) is 1.77. The third-order valence-corrected chi connectivity index (χ3v) is 6.04. The van der Waals surface area contributed by atoms with Gasteiger partial charge in [0.25, 0.3) is 0 Å². The van der Waals surface area contributed by atoms with Gasteiger partial charge >= 0.3 is 0 Å². The normalized spacial score (nSPS) is 24.4. The highest BCUT2D eigenvalue weighted by Crippen LogP contribution is 2.39. The number of amides is 1. The molecular weight excluding hydrogens is 310 g/mol. The van der Waals surface area contributed by atoms with Gasteiger partial charge < -0.3 is 9.80 Å². The van der Waals surface area contributed by atoms with Crippen LogP contribution in [-0.2, 0) is 11.2 Å². The summed E-state index contributed by atoms with van der Waals surface area (Å²) in [5, 5.41) is 0. The number of piperidine rings is 1. The molecule has 138 valence electrons. The molecule has 25 heavy (non-hydrogen) atoms. The predicted octanol–water partition coefficient (Wildman–Crippen LogP) is 2.50. The second-order valence-corrected chi connectivity index (χ2v) is 8.01. The van der Waals surface area contributed by atoms with Gasteiger partial charge in [0.1, 0.15) is 0 Å². The summed E-state index contributed by atoms with van der Waals surface area (Å²) in [6, 6.07) is 10.8. The second-order valence-electron chi connectivity index (χ2n) is 8.01. The first kappa shape index (κ1) is 18.4. The summed E-state index contributed by atoms with van der Waals surface area (Å²) in [7, 11) is 2.02. The zero-order valence-corrected chi connectivity index (χ0v) is 15.9. The maximum atomic E-state index is 12.5. The Kier molecular flexibility index (Phi) is 6.13. The number of likely N-dealkylation sites (N-methyl/N-ethyl adjacent to an activating group) is 1. The number of likely N-dealkylation sites (tertiary alicyclic amines) is 2. The van der Waals surface area contributed by atoms with E-state index in [0.29, 0.717) is 17.9 Å². The molecule has 0 aromatic heterocycles. The molecule has 1 spiro atoms. The summed E-state index contributed by atoms with van der Waals surface area (Å²) in [6.07, 6.45) is 4.85. The number of carbonyl (C=O) groups excluding carboxylic acids is 1. The molecule has 1 amide bonds. The van der Waals surface area contributed by atoms with E-state index in [2.05, 4.69) is 52.0 Å². The van der Waals surface area contributed by atoms with Crippen molar-refractivity contribution in [3.8, 4) is 0 Å². The number of carbonyl (C=O) groups is 1. The molecule has 2 aliphatic heterocycles. The van der Waals surface area contributed by atoms with Crippen LogP contribution in [-0.4, -0.2) is 73.5 Å². The minimum atomic E-state index is 0.308. The topological polar surface area (TPSA) is 26.8 Å². The van der Waals surface area contributed by atoms with Crippen LogP contribution < -0.4 is 0 Å². The van der Waals surface area contributed by atoms with Gasteiger partial charge in [0.2, 0.25) is 5.91 Å². The molecular formula is C21H33N3O. The number of rotatable bonds is 6. The van der Waals surface area contributed by atoms with Gasteiger partial charge in [-0.2, -0.15) is 0 Å². The van der Waals surface area contributed by atoms with Crippen LogP contribution in [0.25, 0.3) is 0 Å². The Morgan fingerprint density at radius 1 is 1.16 bits per heavy atom. The molecule has 0 saturated carbocycles. The Balaban J connectivity index is 1.51. The number of benzene rings is 1. The third kappa shape index (κ3) is 4.83. The van der Waals surface area contributed by atoms with Crippen LogP contribution in [0.5, 0.6) is 0 Å². The van der Waals surface area contributed by atoms with E-state index in [4.69, 9.17) is 0 Å². The van der Waals surface area contributed by atoms with Crippen molar-refractivity contribution < 1.29 is 4.79 Å². The van der Waals surface area contributed by atoms with Gasteiger partial charge in [-0.25, -0.2) is 0 Å². The predicted molar refractivity (Wildman–Crippen MR) is 103 cm³/mol. The van der Waals surface area contributed by atoms with Crippen LogP contribution in [0.15, 0.2) is 30.3 Å². The minimum absolute atomic E-state index is 0.308. The van der Waals surface area contributed by atoms with Gasteiger partial charge in [-0.3, -0.25) is 9.69 Å². The lowest BCUT2D eigenvalue weighted by Crippen LogP contribution is -2.46. The Labute approximate surface area is 152 Å². The summed E-state index contributed by atoms with van der Waals surface area (Å²) in [4.78, 5) is 19.3. The molecule has 3 rings (SSSR count). The van der Waals surface area contributed by atoms with Crippen LogP contribution in [0.1, 0.15) is 31.7 Å². The highest BCUT2D eigenvalue weighted by Gasteiger charge is 2.42. The summed E-state index contributed by atoms with van der Waals surface area (Å²) in [6.45, 7) is 9.01. The standard InChI is InChI=1S/C21H33N3O/c1-3-22(2)16-20(25)24-15-12-21(18-24)11-7-13-23(17-21)14-10-19-8-5-4-6-9-19/h4-6,8-9H,3,7,10-18H2,1-2H3/t21-/m0/s1. The molecule has 4 nitrogen and oxygen atoms in total. The molecule has 0 unspecified atom stereocenters. The average Bonchev–Trinajstić information content (AvgIpc) is 3.04. The number of hydrogen-bond donors (Lipinski definition) is 0. The van der Waals surface area contributed by atoms with Gasteiger partial charge in [0.15, 0.2) is 0 Å². The Morgan fingerprint density at radius 2 is 1.96 bits per heavy atom. The fourth-order valence-electron chi connectivity index (χ4n) is 4.36. The van der Waals surface area contributed by atoms with E-state index in [-0.39, 0.29) is 0 Å². The Bertz CT molecular complexity index is 562. The zero-order valence-electron chi connectivity index (χ0n) is 15.9. The summed E-state index contributed by atoms with van der Waals surface area (Å²) >= 11 is 0. The highest BCUT2D eigenvalue weighted by molar-refractivity contribution is 5.78. The smallest absolute Gasteiger partial charge is 0.236 e. The maximum absolute atomic E-state index is 12.5. The third-order valence-electron chi connectivity index (χ3n) is 6.04. The van der Waals surface area contributed by atoms with Crippen molar-refractivity contribution in [3.05, 3.63) is 35.9 Å². The number of hydrogen-bond acceptors (Lipinski definition) is 3. The van der Waals surface area contributed by atoms with E-state index in [1.165, 1.54) is 31.4 Å². The average molecular weight is 344 g/mol. The van der Waals surface area contributed by atoms with E-state index in [1.54, 1.807) is 0 Å². The molecule has 0 aliphatic carbocycles. The molecule has 0 bridgehead atoms. The van der Waals surface area contributed by atoms with E-state index in [0.717, 1.165) is 39.1 Å². The Morgan fingerprint density at radius 3 is 2.72 bits per heavy atom. The summed E-state index contributed by atoms with van der Waals surface area (Å²) < 4.78 is 0. The van der Waals surface area contributed by atoms with Crippen LogP contribution in [0.2, 0.25) is 0 Å². The van der Waals surface area contributed by atoms with Crippen molar-refractivity contribution in [2.75, 3.05) is 52.9 Å². The minimum Gasteiger partial charge on any atom is -0.341 e. The van der Waals surface area contributed by atoms with Gasteiger partial charge in [-0.05, 0) is 51.4 Å². The fourth-order valence-corrected chi connectivity index (χ4v) is 4.36. The van der Waals surface area contributed by atoms with Gasteiger partial charge in [-0.1, -0.05) is 37.3 Å². The lowest BCUT2D eigenvalue weighted by atomic mass is 9.79. The van der Waals surface area contributed by atoms with Crippen LogP contribution in [0.3, 0.4) is 0 Å². The highest BCUT2D eigenvalue weighted by atomic mass is 16.2. The van der Waals surface area contributed by atoms with Crippen molar-refractivity contribution in [1.29, 1.82) is 0 Å². The lowest BCUT2D eigenvalue weighted by molar-refractivity contribution is -0.131. The van der Waals surface area contributed by atoms with Crippen molar-refractivity contribution in [1.82, 2.24) is 14.7 Å². The molecule has 1 aromatic rings. The first-order valence-electron chi connectivity index (χ1n) is 9.83. The van der Waals surface area contributed by atoms with E-state index >= 15 is 0 Å². The van der Waals surface area contributed by atoms with E-state index in [9.17, 15) is 4.79 Å². The zero-order chi connectivity index (χ0) is 17.7. The van der Waals surface area contributed by atoms with E-state index in [1.807, 2.05) is 7.05 Å². The second kappa shape index (κ2) is 8.33.